The van der Waals surface area contributed by atoms with Gasteiger partial charge in [-0.1, -0.05) is 113 Å². The molecule has 0 fully saturated rings. The summed E-state index contributed by atoms with van der Waals surface area (Å²) in [6.07, 6.45) is 6.33. The summed E-state index contributed by atoms with van der Waals surface area (Å²) in [5, 5.41) is -0.638. The second kappa shape index (κ2) is 10.6. The molecule has 0 aromatic heterocycles. The summed E-state index contributed by atoms with van der Waals surface area (Å²) in [6.45, 7) is 9.06. The fourth-order valence-electron chi connectivity index (χ4n) is 7.84. The number of anilines is 5. The minimum Gasteiger partial charge on any atom is -0.310 e. The lowest BCUT2D eigenvalue weighted by Gasteiger charge is -2.42. The summed E-state index contributed by atoms with van der Waals surface area (Å²) < 4.78 is 28.0. The molecule has 4 nitrogen and oxygen atoms in total. The monoisotopic (exact) mass is 634 g/mol. The molecule has 2 heterocycles. The third kappa shape index (κ3) is 4.44. The molecular formula is C42H38N2O2S. The maximum absolute atomic E-state index is 14.0. The zero-order valence-electron chi connectivity index (χ0n) is 27.2. The molecule has 0 spiro atoms. The second-order valence-electron chi connectivity index (χ2n) is 13.8. The quantitative estimate of drug-likeness (QED) is 0.197. The summed E-state index contributed by atoms with van der Waals surface area (Å²) in [5.74, 6) is 0. The third-order valence-electron chi connectivity index (χ3n) is 10.4. The highest BCUT2D eigenvalue weighted by molar-refractivity contribution is 7.92. The number of allylic oxidation sites excluding steroid dienone is 2. The van der Waals surface area contributed by atoms with E-state index in [2.05, 4.69) is 141 Å². The molecule has 0 amide bonds. The Morgan fingerprint density at radius 2 is 0.957 bits per heavy atom. The van der Waals surface area contributed by atoms with Crippen molar-refractivity contribution in [2.24, 2.45) is 0 Å². The average Bonchev–Trinajstić information content (AvgIpc) is 3.09. The number of benzene rings is 5. The van der Waals surface area contributed by atoms with Crippen LogP contribution in [0.3, 0.4) is 0 Å². The predicted molar refractivity (Wildman–Crippen MR) is 193 cm³/mol. The van der Waals surface area contributed by atoms with Gasteiger partial charge in [0.15, 0.2) is 9.84 Å². The van der Waals surface area contributed by atoms with E-state index in [9.17, 15) is 8.42 Å². The van der Waals surface area contributed by atoms with Gasteiger partial charge in [0, 0.05) is 22.2 Å². The smallest absolute Gasteiger partial charge is 0.185 e. The van der Waals surface area contributed by atoms with Crippen LogP contribution in [0.1, 0.15) is 56.4 Å². The average molecular weight is 635 g/mol. The van der Waals surface area contributed by atoms with Gasteiger partial charge in [0.1, 0.15) is 0 Å². The number of hydrogen-bond donors (Lipinski definition) is 0. The van der Waals surface area contributed by atoms with Crippen molar-refractivity contribution in [3.05, 3.63) is 168 Å². The van der Waals surface area contributed by atoms with Gasteiger partial charge in [0.25, 0.3) is 0 Å². The second-order valence-corrected chi connectivity index (χ2v) is 16.0. The summed E-state index contributed by atoms with van der Waals surface area (Å²) in [7, 11) is -3.61. The van der Waals surface area contributed by atoms with E-state index in [1.54, 1.807) is 12.1 Å². The molecule has 5 aromatic carbocycles. The molecule has 0 saturated carbocycles. The Bertz CT molecular complexity index is 2110. The van der Waals surface area contributed by atoms with Crippen LogP contribution in [0, 0.1) is 0 Å². The first kappa shape index (κ1) is 29.5. The van der Waals surface area contributed by atoms with E-state index in [4.69, 9.17) is 0 Å². The van der Waals surface area contributed by atoms with E-state index in [1.807, 2.05) is 24.3 Å². The lowest BCUT2D eigenvalue weighted by atomic mass is 9.73. The minimum absolute atomic E-state index is 0.144. The van der Waals surface area contributed by atoms with Crippen LogP contribution in [-0.2, 0) is 20.7 Å². The summed E-state index contributed by atoms with van der Waals surface area (Å²) in [5.41, 5.74) is 11.1. The molecule has 47 heavy (non-hydrogen) atoms. The molecule has 3 aliphatic rings. The Kier molecular flexibility index (Phi) is 6.65. The minimum atomic E-state index is -3.61. The van der Waals surface area contributed by atoms with Gasteiger partial charge in [0.2, 0.25) is 0 Å². The lowest BCUT2D eigenvalue weighted by Crippen LogP contribution is -2.33. The Morgan fingerprint density at radius 1 is 0.553 bits per heavy atom. The van der Waals surface area contributed by atoms with Crippen LogP contribution in [-0.4, -0.2) is 13.7 Å². The van der Waals surface area contributed by atoms with E-state index in [0.29, 0.717) is 11.3 Å². The van der Waals surface area contributed by atoms with Crippen LogP contribution in [0.5, 0.6) is 0 Å². The largest absolute Gasteiger partial charge is 0.310 e. The number of rotatable bonds is 4. The van der Waals surface area contributed by atoms with Crippen molar-refractivity contribution in [3.8, 4) is 0 Å². The molecule has 1 unspecified atom stereocenters. The van der Waals surface area contributed by atoms with Gasteiger partial charge in [-0.25, -0.2) is 8.42 Å². The SMILES string of the molecule is CC1(C)c2ccccc2N(C2=CCC(S(=O)(=O)c3ccc(N4c5ccccc5C(C)(C)c5ccccc54)cc3)C=C2)c2ccccc21. The van der Waals surface area contributed by atoms with Crippen LogP contribution < -0.4 is 9.80 Å². The first-order valence-corrected chi connectivity index (χ1v) is 17.9. The van der Waals surface area contributed by atoms with Crippen LogP contribution in [0.2, 0.25) is 0 Å². The van der Waals surface area contributed by atoms with E-state index >= 15 is 0 Å². The Hall–Kier alpha value is -4.87. The first-order chi connectivity index (χ1) is 22.6. The topological polar surface area (TPSA) is 40.6 Å². The molecule has 234 valence electrons. The van der Waals surface area contributed by atoms with Gasteiger partial charge in [-0.15, -0.1) is 0 Å². The highest BCUT2D eigenvalue weighted by atomic mass is 32.2. The number of para-hydroxylation sites is 4. The van der Waals surface area contributed by atoms with Crippen molar-refractivity contribution >= 4 is 38.3 Å². The maximum Gasteiger partial charge on any atom is 0.185 e. The summed E-state index contributed by atoms with van der Waals surface area (Å²) in [4.78, 5) is 4.86. The van der Waals surface area contributed by atoms with Crippen LogP contribution in [0.4, 0.5) is 28.4 Å². The molecule has 5 aromatic rings. The Labute approximate surface area is 278 Å². The molecular weight excluding hydrogens is 597 g/mol. The van der Waals surface area contributed by atoms with E-state index in [0.717, 1.165) is 34.1 Å². The van der Waals surface area contributed by atoms with E-state index in [-0.39, 0.29) is 10.8 Å². The zero-order valence-corrected chi connectivity index (χ0v) is 28.0. The van der Waals surface area contributed by atoms with Gasteiger partial charge < -0.3 is 9.80 Å². The summed E-state index contributed by atoms with van der Waals surface area (Å²) >= 11 is 0. The van der Waals surface area contributed by atoms with Crippen LogP contribution >= 0.6 is 0 Å². The molecule has 0 saturated heterocycles. The van der Waals surface area contributed by atoms with Gasteiger partial charge in [-0.2, -0.15) is 0 Å². The molecule has 8 rings (SSSR count). The Morgan fingerprint density at radius 3 is 1.36 bits per heavy atom. The molecule has 0 bridgehead atoms. The number of fused-ring (bicyclic) bond motifs is 4. The van der Waals surface area contributed by atoms with Crippen molar-refractivity contribution in [1.82, 2.24) is 0 Å². The van der Waals surface area contributed by atoms with Crippen molar-refractivity contribution in [2.45, 2.75) is 55.1 Å². The fourth-order valence-corrected chi connectivity index (χ4v) is 9.34. The van der Waals surface area contributed by atoms with E-state index in [1.165, 1.54) is 22.3 Å². The van der Waals surface area contributed by atoms with Crippen molar-refractivity contribution in [2.75, 3.05) is 9.80 Å². The van der Waals surface area contributed by atoms with Crippen LogP contribution in [0.15, 0.2) is 150 Å². The third-order valence-corrected chi connectivity index (χ3v) is 12.5. The predicted octanol–water partition coefficient (Wildman–Crippen LogP) is 10.3. The number of sulfone groups is 1. The standard InChI is InChI=1S/C42H38N2O2S/c1-41(2)33-13-5-9-17-37(33)43(38-18-10-6-14-34(38)41)29-21-25-31(26-22-29)47(45,46)32-27-23-30(24-28-32)44-39-19-11-7-15-35(39)42(3,4)36-16-8-12-20-40(36)44/h5-27,32H,28H2,1-4H3. The van der Waals surface area contributed by atoms with Crippen molar-refractivity contribution in [3.63, 3.8) is 0 Å². The normalized spacial score (nSPS) is 18.8. The first-order valence-electron chi connectivity index (χ1n) is 16.3. The lowest BCUT2D eigenvalue weighted by molar-refractivity contribution is 0.588. The highest BCUT2D eigenvalue weighted by Crippen LogP contribution is 2.52. The van der Waals surface area contributed by atoms with Gasteiger partial charge in [-0.05, 0) is 83.3 Å². The summed E-state index contributed by atoms with van der Waals surface area (Å²) in [6, 6.07) is 41.4. The zero-order chi connectivity index (χ0) is 32.6. The van der Waals surface area contributed by atoms with Crippen LogP contribution in [0.25, 0.3) is 0 Å². The number of nitrogens with zero attached hydrogens (tertiary/aromatic N) is 2. The van der Waals surface area contributed by atoms with Crippen molar-refractivity contribution in [1.29, 1.82) is 0 Å². The molecule has 2 aliphatic heterocycles. The van der Waals surface area contributed by atoms with Gasteiger partial charge in [0.05, 0.1) is 32.9 Å². The highest BCUT2D eigenvalue weighted by Gasteiger charge is 2.39. The number of hydrogen-bond acceptors (Lipinski definition) is 4. The fraction of sp³-hybridized carbons (Fsp3) is 0.190. The maximum atomic E-state index is 14.0. The molecule has 1 aliphatic carbocycles. The van der Waals surface area contributed by atoms with Gasteiger partial charge in [-0.3, -0.25) is 0 Å². The van der Waals surface area contributed by atoms with Crippen molar-refractivity contribution < 1.29 is 8.42 Å². The molecule has 0 N–H and O–H groups in total. The molecule has 5 heteroatoms. The Balaban J connectivity index is 1.10. The molecule has 0 radical (unpaired) electrons. The van der Waals surface area contributed by atoms with Gasteiger partial charge >= 0.3 is 0 Å². The molecule has 1 atom stereocenters. The van der Waals surface area contributed by atoms with E-state index < -0.39 is 15.1 Å².